The molecule has 2 amide bonds. The van der Waals surface area contributed by atoms with Crippen molar-refractivity contribution >= 4 is 24.1 Å². The van der Waals surface area contributed by atoms with Crippen LogP contribution in [0.15, 0.2) is 72.9 Å². The van der Waals surface area contributed by atoms with E-state index in [4.69, 9.17) is 0 Å². The van der Waals surface area contributed by atoms with E-state index in [1.54, 1.807) is 0 Å². The Bertz CT molecular complexity index is 1090. The monoisotopic (exact) mass is 537 g/mol. The van der Waals surface area contributed by atoms with Gasteiger partial charge in [0.1, 0.15) is 0 Å². The number of halogens is 1. The molecule has 1 aromatic heterocycles. The van der Waals surface area contributed by atoms with Gasteiger partial charge in [-0.15, -0.1) is 12.4 Å². The van der Waals surface area contributed by atoms with Crippen LogP contribution in [0.25, 0.3) is 0 Å². The normalized spacial score (nSPS) is 16.9. The molecule has 0 atom stereocenters. The molecule has 0 aliphatic heterocycles. The molecule has 0 unspecified atom stereocenters. The zero-order chi connectivity index (χ0) is 25.5. The van der Waals surface area contributed by atoms with Gasteiger partial charge in [0.25, 0.3) is 0 Å². The fourth-order valence-corrected chi connectivity index (χ4v) is 5.55. The topological polar surface area (TPSA) is 76.7 Å². The van der Waals surface area contributed by atoms with Crippen LogP contribution in [0, 0.1) is 0 Å². The van der Waals surface area contributed by atoms with Crippen molar-refractivity contribution in [3.8, 4) is 0 Å². The minimum atomic E-state index is 0. The summed E-state index contributed by atoms with van der Waals surface area (Å²) in [4.78, 5) is 20.5. The maximum atomic E-state index is 13.9. The van der Waals surface area contributed by atoms with E-state index in [2.05, 4.69) is 91.4 Å². The van der Waals surface area contributed by atoms with Crippen molar-refractivity contribution in [2.45, 2.75) is 83.6 Å². The van der Waals surface area contributed by atoms with E-state index in [1.165, 1.54) is 16.7 Å². The number of hydrogen-bond acceptors (Lipinski definition) is 2. The van der Waals surface area contributed by atoms with E-state index in [0.717, 1.165) is 43.5 Å². The Morgan fingerprint density at radius 3 is 2.03 bits per heavy atom. The number of aromatic nitrogens is 1. The van der Waals surface area contributed by atoms with Gasteiger partial charge in [-0.1, -0.05) is 82.3 Å². The summed E-state index contributed by atoms with van der Waals surface area (Å²) in [6.45, 7) is 9.44. The molecule has 6 heteroatoms. The Morgan fingerprint density at radius 2 is 1.47 bits per heavy atom. The Hall–Kier alpha value is -2.89. The molecule has 1 heterocycles. The smallest absolute Gasteiger partial charge is 0.322 e. The third-order valence-electron chi connectivity index (χ3n) is 7.61. The highest BCUT2D eigenvalue weighted by molar-refractivity contribution is 5.91. The minimum Gasteiger partial charge on any atom is -0.412 e. The second-order valence-electron chi connectivity index (χ2n) is 10.7. The van der Waals surface area contributed by atoms with Crippen LogP contribution in [-0.2, 0) is 6.42 Å². The SMILES string of the molecule is CC(C)c1cccc(C(C)C)c1NC(=O)N(CCc1ccccn1)C1CCC(c2ccccc2)CC1.Cl.O. The predicted octanol–water partition coefficient (Wildman–Crippen LogP) is 7.73. The second-order valence-corrected chi connectivity index (χ2v) is 10.7. The lowest BCUT2D eigenvalue weighted by Gasteiger charge is -2.37. The number of rotatable bonds is 8. The Labute approximate surface area is 234 Å². The van der Waals surface area contributed by atoms with E-state index in [9.17, 15) is 4.79 Å². The molecule has 3 aromatic rings. The van der Waals surface area contributed by atoms with Gasteiger partial charge >= 0.3 is 6.03 Å². The largest absolute Gasteiger partial charge is 0.412 e. The van der Waals surface area contributed by atoms with Gasteiger partial charge in [-0.25, -0.2) is 4.79 Å². The number of carbonyl (C=O) groups is 1. The molecule has 4 rings (SSSR count). The summed E-state index contributed by atoms with van der Waals surface area (Å²) in [5.41, 5.74) is 5.85. The first-order chi connectivity index (χ1) is 17.4. The molecular formula is C32H44ClN3O2. The van der Waals surface area contributed by atoms with Gasteiger partial charge in [-0.05, 0) is 72.3 Å². The predicted molar refractivity (Wildman–Crippen MR) is 161 cm³/mol. The molecule has 206 valence electrons. The first kappa shape index (κ1) is 31.3. The summed E-state index contributed by atoms with van der Waals surface area (Å²) in [6, 6.07) is 23.5. The molecule has 1 aliphatic rings. The third kappa shape index (κ3) is 7.81. The van der Waals surface area contributed by atoms with E-state index in [-0.39, 0.29) is 30.0 Å². The van der Waals surface area contributed by atoms with Crippen LogP contribution >= 0.6 is 12.4 Å². The lowest BCUT2D eigenvalue weighted by Crippen LogP contribution is -2.45. The Morgan fingerprint density at radius 1 is 0.868 bits per heavy atom. The van der Waals surface area contributed by atoms with Gasteiger partial charge in [0.05, 0.1) is 0 Å². The van der Waals surface area contributed by atoms with Crippen molar-refractivity contribution in [2.24, 2.45) is 0 Å². The van der Waals surface area contributed by atoms with Crippen LogP contribution in [0.1, 0.15) is 93.5 Å². The van der Waals surface area contributed by atoms with Gasteiger partial charge in [-0.3, -0.25) is 4.98 Å². The summed E-state index contributed by atoms with van der Waals surface area (Å²) < 4.78 is 0. The Kier molecular flexibility index (Phi) is 12.3. The number of hydrogen-bond donors (Lipinski definition) is 1. The summed E-state index contributed by atoms with van der Waals surface area (Å²) >= 11 is 0. The molecule has 0 spiro atoms. The molecule has 38 heavy (non-hydrogen) atoms. The van der Waals surface area contributed by atoms with Gasteiger partial charge in [0.2, 0.25) is 0 Å². The number of pyridine rings is 1. The van der Waals surface area contributed by atoms with E-state index < -0.39 is 0 Å². The molecule has 0 bridgehead atoms. The number of benzene rings is 2. The number of urea groups is 1. The summed E-state index contributed by atoms with van der Waals surface area (Å²) in [7, 11) is 0. The standard InChI is InChI=1S/C32H41N3O.ClH.H2O/c1-23(2)29-14-10-15-30(24(3)4)31(29)34-32(36)35(22-20-27-13-8-9-21-33-27)28-18-16-26(17-19-28)25-11-6-5-7-12-25;;/h5-15,21,23-24,26,28H,16-20,22H2,1-4H3,(H,34,36);1H;1H2. The zero-order valence-electron chi connectivity index (χ0n) is 23.2. The molecule has 0 radical (unpaired) electrons. The summed E-state index contributed by atoms with van der Waals surface area (Å²) in [5.74, 6) is 1.25. The first-order valence-electron chi connectivity index (χ1n) is 13.6. The number of carbonyl (C=O) groups excluding carboxylic acids is 1. The van der Waals surface area contributed by atoms with Crippen LogP contribution in [0.4, 0.5) is 10.5 Å². The molecule has 5 nitrogen and oxygen atoms in total. The second kappa shape index (κ2) is 14.9. The number of anilines is 1. The highest BCUT2D eigenvalue weighted by Crippen LogP contribution is 2.36. The molecule has 1 aliphatic carbocycles. The van der Waals surface area contributed by atoms with E-state index >= 15 is 0 Å². The fraction of sp³-hybridized carbons (Fsp3) is 0.438. The van der Waals surface area contributed by atoms with Crippen molar-refractivity contribution in [1.82, 2.24) is 9.88 Å². The molecule has 2 aromatic carbocycles. The number of nitrogens with zero attached hydrogens (tertiary/aromatic N) is 2. The molecule has 1 fully saturated rings. The van der Waals surface area contributed by atoms with Gasteiger partial charge in [0.15, 0.2) is 0 Å². The van der Waals surface area contributed by atoms with Crippen molar-refractivity contribution in [2.75, 3.05) is 11.9 Å². The van der Waals surface area contributed by atoms with Gasteiger partial charge in [-0.2, -0.15) is 0 Å². The first-order valence-corrected chi connectivity index (χ1v) is 13.6. The lowest BCUT2D eigenvalue weighted by atomic mass is 9.81. The average Bonchev–Trinajstić information content (AvgIpc) is 2.90. The van der Waals surface area contributed by atoms with Crippen molar-refractivity contribution < 1.29 is 10.3 Å². The quantitative estimate of drug-likeness (QED) is 0.319. The summed E-state index contributed by atoms with van der Waals surface area (Å²) in [6.07, 6.45) is 6.87. The molecule has 0 saturated heterocycles. The lowest BCUT2D eigenvalue weighted by molar-refractivity contribution is 0.163. The molecular weight excluding hydrogens is 494 g/mol. The van der Waals surface area contributed by atoms with Crippen LogP contribution < -0.4 is 5.32 Å². The molecule has 3 N–H and O–H groups in total. The Balaban J connectivity index is 0.00000253. The van der Waals surface area contributed by atoms with Crippen molar-refractivity contribution in [3.63, 3.8) is 0 Å². The number of para-hydroxylation sites is 1. The van der Waals surface area contributed by atoms with E-state index in [0.29, 0.717) is 24.3 Å². The minimum absolute atomic E-state index is 0. The number of amides is 2. The maximum absolute atomic E-state index is 13.9. The molecule has 1 saturated carbocycles. The summed E-state index contributed by atoms with van der Waals surface area (Å²) in [5, 5.41) is 3.38. The van der Waals surface area contributed by atoms with Crippen LogP contribution in [-0.4, -0.2) is 34.0 Å². The van der Waals surface area contributed by atoms with Gasteiger partial charge < -0.3 is 15.7 Å². The van der Waals surface area contributed by atoms with Crippen LogP contribution in [0.3, 0.4) is 0 Å². The van der Waals surface area contributed by atoms with Crippen LogP contribution in [0.2, 0.25) is 0 Å². The highest BCUT2D eigenvalue weighted by Gasteiger charge is 2.30. The third-order valence-corrected chi connectivity index (χ3v) is 7.61. The highest BCUT2D eigenvalue weighted by atomic mass is 35.5. The van der Waals surface area contributed by atoms with Crippen LogP contribution in [0.5, 0.6) is 0 Å². The average molecular weight is 538 g/mol. The van der Waals surface area contributed by atoms with Crippen molar-refractivity contribution in [3.05, 3.63) is 95.3 Å². The maximum Gasteiger partial charge on any atom is 0.322 e. The zero-order valence-corrected chi connectivity index (χ0v) is 24.0. The number of nitrogens with one attached hydrogen (secondary N) is 1. The van der Waals surface area contributed by atoms with Gasteiger partial charge in [0, 0.05) is 36.6 Å². The van der Waals surface area contributed by atoms with E-state index in [1.807, 2.05) is 24.4 Å². The fourth-order valence-electron chi connectivity index (χ4n) is 5.55. The van der Waals surface area contributed by atoms with Crippen molar-refractivity contribution in [1.29, 1.82) is 0 Å².